The quantitative estimate of drug-likeness (QED) is 0.0261. The number of esters is 3. The summed E-state index contributed by atoms with van der Waals surface area (Å²) in [5.41, 5.74) is 0. The molecule has 0 amide bonds. The van der Waals surface area contributed by atoms with Gasteiger partial charge < -0.3 is 14.2 Å². The van der Waals surface area contributed by atoms with E-state index in [1.54, 1.807) is 0 Å². The first-order valence-corrected chi connectivity index (χ1v) is 31.9. The molecule has 0 saturated heterocycles. The summed E-state index contributed by atoms with van der Waals surface area (Å²) in [6.07, 6.45) is 80.6. The molecule has 74 heavy (non-hydrogen) atoms. The van der Waals surface area contributed by atoms with Gasteiger partial charge in [-0.1, -0.05) is 293 Å². The maximum Gasteiger partial charge on any atom is 0.306 e. The van der Waals surface area contributed by atoms with Gasteiger partial charge in [-0.2, -0.15) is 0 Å². The molecule has 0 aromatic heterocycles. The minimum atomic E-state index is -0.777. The highest BCUT2D eigenvalue weighted by molar-refractivity contribution is 5.71. The highest BCUT2D eigenvalue weighted by Crippen LogP contribution is 2.17. The van der Waals surface area contributed by atoms with Gasteiger partial charge in [0.2, 0.25) is 0 Å². The van der Waals surface area contributed by atoms with Gasteiger partial charge in [0.05, 0.1) is 0 Å². The van der Waals surface area contributed by atoms with E-state index in [-0.39, 0.29) is 31.1 Å². The van der Waals surface area contributed by atoms with E-state index in [2.05, 4.69) is 93.7 Å². The fourth-order valence-corrected chi connectivity index (χ4v) is 9.18. The number of carbonyl (C=O) groups is 3. The molecule has 0 aromatic rings. The summed E-state index contributed by atoms with van der Waals surface area (Å²) in [6.45, 7) is 6.50. The molecule has 0 spiro atoms. The minimum Gasteiger partial charge on any atom is -0.462 e. The van der Waals surface area contributed by atoms with Gasteiger partial charge in [-0.3, -0.25) is 14.4 Å². The Kier molecular flexibility index (Phi) is 59.7. The predicted octanol–water partition coefficient (Wildman–Crippen LogP) is 21.7. The van der Waals surface area contributed by atoms with Crippen molar-refractivity contribution in [3.05, 3.63) is 72.9 Å². The lowest BCUT2D eigenvalue weighted by molar-refractivity contribution is -0.167. The number of allylic oxidation sites excluding steroid dienone is 12. The summed E-state index contributed by atoms with van der Waals surface area (Å²) in [5, 5.41) is 0. The summed E-state index contributed by atoms with van der Waals surface area (Å²) in [4.78, 5) is 38.2. The van der Waals surface area contributed by atoms with Gasteiger partial charge in [0.15, 0.2) is 6.10 Å². The summed E-state index contributed by atoms with van der Waals surface area (Å²) >= 11 is 0. The molecule has 0 aliphatic rings. The van der Waals surface area contributed by atoms with E-state index in [9.17, 15) is 14.4 Å². The van der Waals surface area contributed by atoms with Gasteiger partial charge >= 0.3 is 17.9 Å². The Morgan fingerprint density at radius 3 is 0.892 bits per heavy atom. The van der Waals surface area contributed by atoms with E-state index in [0.29, 0.717) is 19.3 Å². The van der Waals surface area contributed by atoms with Crippen molar-refractivity contribution in [1.29, 1.82) is 0 Å². The number of ether oxygens (including phenoxy) is 3. The zero-order valence-electron chi connectivity index (χ0n) is 49.1. The van der Waals surface area contributed by atoms with E-state index in [1.165, 1.54) is 180 Å². The topological polar surface area (TPSA) is 78.9 Å². The average Bonchev–Trinajstić information content (AvgIpc) is 3.40. The van der Waals surface area contributed by atoms with Crippen molar-refractivity contribution in [1.82, 2.24) is 0 Å². The van der Waals surface area contributed by atoms with Crippen molar-refractivity contribution in [2.75, 3.05) is 13.2 Å². The molecule has 0 bridgehead atoms. The Balaban J connectivity index is 4.21. The molecule has 1 unspecified atom stereocenters. The molecule has 0 fully saturated rings. The molecular formula is C68H120O6. The van der Waals surface area contributed by atoms with Gasteiger partial charge in [0.25, 0.3) is 0 Å². The van der Waals surface area contributed by atoms with E-state index < -0.39 is 6.10 Å². The second-order valence-corrected chi connectivity index (χ2v) is 21.3. The van der Waals surface area contributed by atoms with Crippen molar-refractivity contribution in [3.63, 3.8) is 0 Å². The molecule has 0 radical (unpaired) electrons. The van der Waals surface area contributed by atoms with Crippen LogP contribution in [0.1, 0.15) is 323 Å². The lowest BCUT2D eigenvalue weighted by Gasteiger charge is -2.18. The van der Waals surface area contributed by atoms with E-state index >= 15 is 0 Å². The predicted molar refractivity (Wildman–Crippen MR) is 321 cm³/mol. The van der Waals surface area contributed by atoms with Crippen LogP contribution in [0.25, 0.3) is 0 Å². The molecule has 0 heterocycles. The van der Waals surface area contributed by atoms with Gasteiger partial charge in [-0.25, -0.2) is 0 Å². The third kappa shape index (κ3) is 59.7. The molecule has 0 saturated carbocycles. The van der Waals surface area contributed by atoms with Crippen LogP contribution in [0.3, 0.4) is 0 Å². The van der Waals surface area contributed by atoms with Crippen LogP contribution < -0.4 is 0 Å². The van der Waals surface area contributed by atoms with Crippen molar-refractivity contribution < 1.29 is 28.6 Å². The summed E-state index contributed by atoms with van der Waals surface area (Å²) in [7, 11) is 0. The van der Waals surface area contributed by atoms with Gasteiger partial charge in [0.1, 0.15) is 13.2 Å². The van der Waals surface area contributed by atoms with Crippen molar-refractivity contribution in [2.24, 2.45) is 0 Å². The number of rotatable bonds is 58. The monoisotopic (exact) mass is 1030 g/mol. The first-order valence-electron chi connectivity index (χ1n) is 31.9. The molecule has 0 N–H and O–H groups in total. The van der Waals surface area contributed by atoms with Crippen LogP contribution in [-0.2, 0) is 28.6 Å². The summed E-state index contributed by atoms with van der Waals surface area (Å²) in [6, 6.07) is 0. The lowest BCUT2D eigenvalue weighted by Crippen LogP contribution is -2.30. The molecule has 6 nitrogen and oxygen atoms in total. The summed E-state index contributed by atoms with van der Waals surface area (Å²) in [5.74, 6) is -0.874. The lowest BCUT2D eigenvalue weighted by atomic mass is 10.0. The van der Waals surface area contributed by atoms with Crippen LogP contribution in [0.15, 0.2) is 72.9 Å². The Bertz CT molecular complexity index is 1370. The van der Waals surface area contributed by atoms with Gasteiger partial charge in [-0.15, -0.1) is 0 Å². The van der Waals surface area contributed by atoms with Crippen molar-refractivity contribution >= 4 is 17.9 Å². The number of hydrogen-bond acceptors (Lipinski definition) is 6. The maximum absolute atomic E-state index is 12.9. The number of unbranched alkanes of at least 4 members (excludes halogenated alkanes) is 35. The SMILES string of the molecule is CC/C=C\C/C=C\C/C=C\C/C=C\C/C=C\CCCCCCCCCCCCCC(=O)OCC(COC(=O)CCCCCCC/C=C\CCC)OC(=O)CCCCCCCCCCCCCCCCCCCCC. The Hall–Kier alpha value is -3.15. The third-order valence-corrected chi connectivity index (χ3v) is 13.9. The Morgan fingerprint density at radius 2 is 0.554 bits per heavy atom. The second kappa shape index (κ2) is 62.4. The Morgan fingerprint density at radius 1 is 0.284 bits per heavy atom. The fourth-order valence-electron chi connectivity index (χ4n) is 9.18. The molecule has 0 aliphatic carbocycles. The van der Waals surface area contributed by atoms with Crippen LogP contribution in [-0.4, -0.2) is 37.2 Å². The van der Waals surface area contributed by atoms with Crippen molar-refractivity contribution in [2.45, 2.75) is 329 Å². The highest BCUT2D eigenvalue weighted by atomic mass is 16.6. The molecule has 6 heteroatoms. The first-order chi connectivity index (χ1) is 36.5. The van der Waals surface area contributed by atoms with Gasteiger partial charge in [0, 0.05) is 19.3 Å². The van der Waals surface area contributed by atoms with Gasteiger partial charge in [-0.05, 0) is 83.5 Å². The molecule has 1 atom stereocenters. The normalized spacial score (nSPS) is 12.5. The van der Waals surface area contributed by atoms with Crippen LogP contribution in [0.4, 0.5) is 0 Å². The standard InChI is InChI=1S/C68H120O6/c1-4-7-10-13-16-19-22-24-26-28-30-31-32-33-34-35-36-37-39-40-42-44-46-49-52-55-58-61-67(70)73-64-65(63-72-66(69)60-57-54-51-48-21-18-15-12-9-6-3)74-68(71)62-59-56-53-50-47-45-43-41-38-29-27-25-23-20-17-14-11-8-5-2/h7,10,12,15-16,19,24,26,30-31,33-34,65H,4-6,8-9,11,13-14,17-18,20-23,25,27-29,32,35-64H2,1-3H3/b10-7-,15-12-,19-16-,26-24-,31-30-,34-33-. The second-order valence-electron chi connectivity index (χ2n) is 21.3. The molecule has 0 aromatic carbocycles. The third-order valence-electron chi connectivity index (χ3n) is 13.9. The first kappa shape index (κ1) is 70.8. The van der Waals surface area contributed by atoms with Crippen LogP contribution in [0, 0.1) is 0 Å². The average molecular weight is 1030 g/mol. The Labute approximate surface area is 459 Å². The molecular weight excluding hydrogens is 913 g/mol. The largest absolute Gasteiger partial charge is 0.462 e. The van der Waals surface area contributed by atoms with Crippen LogP contribution in [0.2, 0.25) is 0 Å². The number of hydrogen-bond donors (Lipinski definition) is 0. The highest BCUT2D eigenvalue weighted by Gasteiger charge is 2.19. The zero-order chi connectivity index (χ0) is 53.6. The fraction of sp³-hybridized carbons (Fsp3) is 0.779. The van der Waals surface area contributed by atoms with E-state index in [0.717, 1.165) is 103 Å². The molecule has 428 valence electrons. The van der Waals surface area contributed by atoms with Crippen molar-refractivity contribution in [3.8, 4) is 0 Å². The van der Waals surface area contributed by atoms with E-state index in [1.807, 2.05) is 0 Å². The minimum absolute atomic E-state index is 0.0763. The zero-order valence-corrected chi connectivity index (χ0v) is 49.1. The van der Waals surface area contributed by atoms with E-state index in [4.69, 9.17) is 14.2 Å². The number of carbonyl (C=O) groups excluding carboxylic acids is 3. The molecule has 0 rings (SSSR count). The molecule has 0 aliphatic heterocycles. The smallest absolute Gasteiger partial charge is 0.306 e. The maximum atomic E-state index is 12.9. The van der Waals surface area contributed by atoms with Crippen LogP contribution in [0.5, 0.6) is 0 Å². The summed E-state index contributed by atoms with van der Waals surface area (Å²) < 4.78 is 16.9. The van der Waals surface area contributed by atoms with Crippen LogP contribution >= 0.6 is 0 Å².